The van der Waals surface area contributed by atoms with Crippen LogP contribution in [0.15, 0.2) is 72.1 Å². The number of allylic oxidation sites excluding steroid dienone is 1. The van der Waals surface area contributed by atoms with Crippen molar-refractivity contribution >= 4 is 5.97 Å². The fraction of sp³-hybridized carbons (Fsp3) is 0.290. The van der Waals surface area contributed by atoms with Crippen LogP contribution in [0.2, 0.25) is 0 Å². The summed E-state index contributed by atoms with van der Waals surface area (Å²) < 4.78 is 22.8. The third-order valence-electron chi connectivity index (χ3n) is 6.47. The first-order valence-corrected chi connectivity index (χ1v) is 12.7. The lowest BCUT2D eigenvalue weighted by atomic mass is 9.83. The molecule has 0 aromatic heterocycles. The van der Waals surface area contributed by atoms with Gasteiger partial charge in [0.05, 0.1) is 12.5 Å². The molecule has 3 aromatic rings. The monoisotopic (exact) mass is 512 g/mol. The van der Waals surface area contributed by atoms with Crippen molar-refractivity contribution in [2.24, 2.45) is 5.73 Å². The van der Waals surface area contributed by atoms with Crippen molar-refractivity contribution in [2.75, 3.05) is 13.2 Å². The molecule has 0 fully saturated rings. The number of carbonyl (C=O) groups is 1. The third-order valence-corrected chi connectivity index (χ3v) is 6.47. The fourth-order valence-corrected chi connectivity index (χ4v) is 4.27. The van der Waals surface area contributed by atoms with Gasteiger partial charge >= 0.3 is 5.97 Å². The Hall–Kier alpha value is -4.44. The Morgan fingerprint density at radius 1 is 0.974 bits per heavy atom. The molecular formula is C31H32N2O5. The van der Waals surface area contributed by atoms with Crippen LogP contribution >= 0.6 is 0 Å². The summed E-state index contributed by atoms with van der Waals surface area (Å²) in [6.45, 7) is 6.53. The molecule has 0 saturated carbocycles. The average molecular weight is 513 g/mol. The SMILES string of the molecule is CCCCCOc1cccc(C2C(C#N)=C(N)Oc3cc(OC(=O)COc4ccc(C)c(C)c4)ccc32)c1. The second-order valence-electron chi connectivity index (χ2n) is 9.26. The first kappa shape index (κ1) is 26.6. The zero-order chi connectivity index (χ0) is 27.1. The fourth-order valence-electron chi connectivity index (χ4n) is 4.27. The van der Waals surface area contributed by atoms with E-state index in [1.54, 1.807) is 18.2 Å². The summed E-state index contributed by atoms with van der Waals surface area (Å²) in [4.78, 5) is 12.4. The molecule has 0 amide bonds. The molecule has 0 bridgehead atoms. The van der Waals surface area contributed by atoms with Gasteiger partial charge < -0.3 is 24.7 Å². The van der Waals surface area contributed by atoms with Gasteiger partial charge in [-0.15, -0.1) is 0 Å². The molecule has 1 aliphatic rings. The average Bonchev–Trinajstić information content (AvgIpc) is 2.91. The van der Waals surface area contributed by atoms with E-state index in [0.717, 1.165) is 47.3 Å². The highest BCUT2D eigenvalue weighted by Gasteiger charge is 2.31. The Bertz CT molecular complexity index is 1390. The van der Waals surface area contributed by atoms with Crippen molar-refractivity contribution in [3.63, 3.8) is 0 Å². The van der Waals surface area contributed by atoms with Gasteiger partial charge in [0.25, 0.3) is 0 Å². The lowest BCUT2D eigenvalue weighted by Crippen LogP contribution is -2.21. The number of benzene rings is 3. The molecule has 1 aliphatic heterocycles. The summed E-state index contributed by atoms with van der Waals surface area (Å²) in [6, 6.07) is 20.5. The Morgan fingerprint density at radius 2 is 1.76 bits per heavy atom. The van der Waals surface area contributed by atoms with Crippen LogP contribution in [0.3, 0.4) is 0 Å². The van der Waals surface area contributed by atoms with Crippen LogP contribution in [-0.2, 0) is 4.79 Å². The predicted octanol–water partition coefficient (Wildman–Crippen LogP) is 6.08. The van der Waals surface area contributed by atoms with Gasteiger partial charge in [-0.2, -0.15) is 5.26 Å². The highest BCUT2D eigenvalue weighted by atomic mass is 16.6. The van der Waals surface area contributed by atoms with Gasteiger partial charge in [0.2, 0.25) is 5.88 Å². The second kappa shape index (κ2) is 12.2. The number of carbonyl (C=O) groups excluding carboxylic acids is 1. The van der Waals surface area contributed by atoms with Crippen LogP contribution in [-0.4, -0.2) is 19.2 Å². The maximum Gasteiger partial charge on any atom is 0.349 e. The predicted molar refractivity (Wildman–Crippen MR) is 144 cm³/mol. The third kappa shape index (κ3) is 6.27. The molecule has 4 rings (SSSR count). The topological polar surface area (TPSA) is 104 Å². The quantitative estimate of drug-likeness (QED) is 0.200. The Kier molecular flexibility index (Phi) is 8.55. The summed E-state index contributed by atoms with van der Waals surface area (Å²) in [5.41, 5.74) is 10.3. The van der Waals surface area contributed by atoms with E-state index >= 15 is 0 Å². The summed E-state index contributed by atoms with van der Waals surface area (Å²) >= 11 is 0. The molecule has 1 unspecified atom stereocenters. The van der Waals surface area contributed by atoms with Crippen molar-refractivity contribution in [2.45, 2.75) is 46.0 Å². The molecular weight excluding hydrogens is 480 g/mol. The van der Waals surface area contributed by atoms with E-state index in [2.05, 4.69) is 13.0 Å². The van der Waals surface area contributed by atoms with Crippen molar-refractivity contribution in [3.05, 3.63) is 94.4 Å². The first-order chi connectivity index (χ1) is 18.4. The minimum Gasteiger partial charge on any atom is -0.494 e. The van der Waals surface area contributed by atoms with Crippen LogP contribution in [0, 0.1) is 25.2 Å². The van der Waals surface area contributed by atoms with E-state index in [1.807, 2.05) is 56.3 Å². The number of hydrogen-bond acceptors (Lipinski definition) is 7. The standard InChI is InChI=1S/C31H32N2O5/c1-4-5-6-14-35-23-9-7-8-22(16-23)30-26-13-12-25(17-28(26)38-31(33)27(30)18-32)37-29(34)19-36-24-11-10-20(2)21(3)15-24/h7-13,15-17,30H,4-6,14,19,33H2,1-3H3. The number of ether oxygens (including phenoxy) is 4. The molecule has 1 heterocycles. The van der Waals surface area contributed by atoms with Gasteiger partial charge in [-0.1, -0.05) is 44.0 Å². The van der Waals surface area contributed by atoms with Gasteiger partial charge in [0.15, 0.2) is 6.61 Å². The smallest absolute Gasteiger partial charge is 0.349 e. The molecule has 7 heteroatoms. The van der Waals surface area contributed by atoms with Gasteiger partial charge in [0, 0.05) is 11.6 Å². The van der Waals surface area contributed by atoms with Crippen LogP contribution in [0.4, 0.5) is 0 Å². The number of nitriles is 1. The highest BCUT2D eigenvalue weighted by molar-refractivity contribution is 5.74. The Balaban J connectivity index is 1.51. The molecule has 0 saturated heterocycles. The molecule has 0 radical (unpaired) electrons. The molecule has 0 aliphatic carbocycles. The Morgan fingerprint density at radius 3 is 2.53 bits per heavy atom. The number of nitrogens with zero attached hydrogens (tertiary/aromatic N) is 1. The van der Waals surface area contributed by atoms with Crippen molar-refractivity contribution in [1.29, 1.82) is 5.26 Å². The minimum absolute atomic E-state index is 0.0146. The van der Waals surface area contributed by atoms with E-state index in [0.29, 0.717) is 23.7 Å². The first-order valence-electron chi connectivity index (χ1n) is 12.7. The summed E-state index contributed by atoms with van der Waals surface area (Å²) in [5.74, 6) is 1.06. The number of rotatable bonds is 10. The van der Waals surface area contributed by atoms with Gasteiger partial charge in [-0.3, -0.25) is 0 Å². The van der Waals surface area contributed by atoms with E-state index in [1.165, 1.54) is 0 Å². The number of unbranched alkanes of at least 4 members (excludes halogenated alkanes) is 2. The van der Waals surface area contributed by atoms with Crippen LogP contribution in [0.1, 0.15) is 54.4 Å². The molecule has 196 valence electrons. The maximum atomic E-state index is 12.4. The molecule has 0 spiro atoms. The zero-order valence-electron chi connectivity index (χ0n) is 22.0. The lowest BCUT2D eigenvalue weighted by Gasteiger charge is -2.27. The Labute approximate surface area is 223 Å². The number of hydrogen-bond donors (Lipinski definition) is 1. The van der Waals surface area contributed by atoms with Gasteiger partial charge in [-0.05, 0) is 67.3 Å². The van der Waals surface area contributed by atoms with Crippen molar-refractivity contribution in [1.82, 2.24) is 0 Å². The lowest BCUT2D eigenvalue weighted by molar-refractivity contribution is -0.136. The summed E-state index contributed by atoms with van der Waals surface area (Å²) in [5, 5.41) is 9.86. The maximum absolute atomic E-state index is 12.4. The molecule has 1 atom stereocenters. The van der Waals surface area contributed by atoms with Crippen molar-refractivity contribution in [3.8, 4) is 29.1 Å². The van der Waals surface area contributed by atoms with Gasteiger partial charge in [0.1, 0.15) is 34.6 Å². The highest BCUT2D eigenvalue weighted by Crippen LogP contribution is 2.44. The van der Waals surface area contributed by atoms with Crippen LogP contribution in [0.25, 0.3) is 0 Å². The van der Waals surface area contributed by atoms with Crippen LogP contribution < -0.4 is 24.7 Å². The molecule has 38 heavy (non-hydrogen) atoms. The zero-order valence-corrected chi connectivity index (χ0v) is 22.0. The normalized spacial score (nSPS) is 14.2. The van der Waals surface area contributed by atoms with E-state index in [9.17, 15) is 10.1 Å². The van der Waals surface area contributed by atoms with Crippen molar-refractivity contribution < 1.29 is 23.7 Å². The summed E-state index contributed by atoms with van der Waals surface area (Å²) in [7, 11) is 0. The van der Waals surface area contributed by atoms with E-state index < -0.39 is 11.9 Å². The summed E-state index contributed by atoms with van der Waals surface area (Å²) in [6.07, 6.45) is 3.21. The largest absolute Gasteiger partial charge is 0.494 e. The van der Waals surface area contributed by atoms with E-state index in [4.69, 9.17) is 24.7 Å². The second-order valence-corrected chi connectivity index (χ2v) is 9.26. The number of aryl methyl sites for hydroxylation is 2. The number of esters is 1. The van der Waals surface area contributed by atoms with Gasteiger partial charge in [-0.25, -0.2) is 4.79 Å². The molecule has 3 aromatic carbocycles. The molecule has 7 nitrogen and oxygen atoms in total. The van der Waals surface area contributed by atoms with Crippen LogP contribution in [0.5, 0.6) is 23.0 Å². The minimum atomic E-state index is -0.551. The molecule has 2 N–H and O–H groups in total. The van der Waals surface area contributed by atoms with E-state index in [-0.39, 0.29) is 18.2 Å². The number of nitrogens with two attached hydrogens (primary N) is 1. The number of fused-ring (bicyclic) bond motifs is 1.